The second kappa shape index (κ2) is 5.72. The number of methoxy groups -OCH3 is 2. The zero-order valence-corrected chi connectivity index (χ0v) is 15.2. The lowest BCUT2D eigenvalue weighted by atomic mass is 9.84. The van der Waals surface area contributed by atoms with Crippen LogP contribution in [-0.4, -0.2) is 45.2 Å². The van der Waals surface area contributed by atoms with Gasteiger partial charge in [0.1, 0.15) is 0 Å². The molecule has 0 spiro atoms. The smallest absolute Gasteiger partial charge is 0.414 e. The zero-order valence-electron chi connectivity index (χ0n) is 15.2. The van der Waals surface area contributed by atoms with Crippen LogP contribution in [0.5, 0.6) is 11.5 Å². The summed E-state index contributed by atoms with van der Waals surface area (Å²) in [5, 5.41) is 1.14. The molecule has 2 aromatic carbocycles. The predicted molar refractivity (Wildman–Crippen MR) is 97.3 cm³/mol. The molecule has 2 aliphatic heterocycles. The van der Waals surface area contributed by atoms with Crippen LogP contribution >= 0.6 is 0 Å². The number of hydrogen-bond donors (Lipinski definition) is 0. The fourth-order valence-corrected chi connectivity index (χ4v) is 4.07. The molecule has 3 aliphatic rings. The van der Waals surface area contributed by atoms with Gasteiger partial charge in [0.05, 0.1) is 19.9 Å². The number of ether oxygens (including phenoxy) is 4. The Balaban J connectivity index is 1.93. The first kappa shape index (κ1) is 16.6. The summed E-state index contributed by atoms with van der Waals surface area (Å²) >= 11 is 0. The summed E-state index contributed by atoms with van der Waals surface area (Å²) in [5.74, 6) is 0.0856. The first-order valence-electron chi connectivity index (χ1n) is 8.67. The number of benzene rings is 2. The predicted octanol–water partition coefficient (Wildman–Crippen LogP) is 2.61. The van der Waals surface area contributed by atoms with Crippen molar-refractivity contribution in [3.05, 3.63) is 40.7 Å². The molecule has 0 unspecified atom stereocenters. The highest BCUT2D eigenvalue weighted by Gasteiger charge is 2.37. The molecule has 0 saturated heterocycles. The Labute approximate surface area is 159 Å². The maximum Gasteiger partial charge on any atom is 0.414 e. The standard InChI is InChI=1S/C20H15NO7/c1-25-13-7-12(22)10-6-11-15-9(3-4-21(11)20(24)26-2)5-14-19(28-8-27-14)17(15)16(10)18(13)23/h5-7H,3-4,8H2,1-2H3. The van der Waals surface area contributed by atoms with E-state index >= 15 is 0 Å². The van der Waals surface area contributed by atoms with E-state index in [1.807, 2.05) is 6.07 Å². The van der Waals surface area contributed by atoms with Crippen molar-refractivity contribution in [1.82, 2.24) is 0 Å². The van der Waals surface area contributed by atoms with E-state index < -0.39 is 11.9 Å². The number of rotatable bonds is 1. The number of fused-ring (bicyclic) bond motifs is 4. The van der Waals surface area contributed by atoms with Gasteiger partial charge < -0.3 is 18.9 Å². The molecule has 0 N–H and O–H groups in total. The second-order valence-electron chi connectivity index (χ2n) is 6.62. The molecular formula is C20H15NO7. The van der Waals surface area contributed by atoms with Crippen LogP contribution in [0, 0.1) is 0 Å². The molecule has 0 atom stereocenters. The summed E-state index contributed by atoms with van der Waals surface area (Å²) in [6.45, 7) is 0.400. The van der Waals surface area contributed by atoms with Crippen molar-refractivity contribution >= 4 is 34.1 Å². The van der Waals surface area contributed by atoms with E-state index in [2.05, 4.69) is 0 Å². The number of amides is 1. The molecule has 5 rings (SSSR count). The summed E-state index contributed by atoms with van der Waals surface area (Å²) in [4.78, 5) is 39.6. The van der Waals surface area contributed by atoms with Gasteiger partial charge in [-0.1, -0.05) is 0 Å². The van der Waals surface area contributed by atoms with Gasteiger partial charge in [0.25, 0.3) is 0 Å². The van der Waals surface area contributed by atoms with E-state index in [1.165, 1.54) is 19.1 Å². The quantitative estimate of drug-likeness (QED) is 0.750. The topological polar surface area (TPSA) is 91.4 Å². The number of carbonyl (C=O) groups excluding carboxylic acids is 3. The van der Waals surface area contributed by atoms with Crippen molar-refractivity contribution in [3.63, 3.8) is 0 Å². The SMILES string of the molecule is COC(=O)N1CCc2cc3c(c4c5c(cc1c24)C(=O)C=C(OC)C5=O)OCO3. The highest BCUT2D eigenvalue weighted by atomic mass is 16.7. The van der Waals surface area contributed by atoms with Crippen molar-refractivity contribution in [2.45, 2.75) is 6.42 Å². The number of nitrogens with zero attached hydrogens (tertiary/aromatic N) is 1. The molecule has 0 aromatic heterocycles. The van der Waals surface area contributed by atoms with Crippen LogP contribution in [0.3, 0.4) is 0 Å². The lowest BCUT2D eigenvalue weighted by molar-refractivity contribution is 0.0918. The molecule has 2 aromatic rings. The number of ketones is 2. The average molecular weight is 381 g/mol. The van der Waals surface area contributed by atoms with Crippen LogP contribution in [0.4, 0.5) is 10.5 Å². The molecule has 0 fully saturated rings. The Morgan fingerprint density at radius 2 is 1.96 bits per heavy atom. The Kier molecular flexibility index (Phi) is 3.39. The summed E-state index contributed by atoms with van der Waals surface area (Å²) in [6, 6.07) is 3.43. The summed E-state index contributed by atoms with van der Waals surface area (Å²) in [7, 11) is 2.64. The van der Waals surface area contributed by atoms with Gasteiger partial charge >= 0.3 is 6.09 Å². The number of carbonyl (C=O) groups is 3. The average Bonchev–Trinajstić information content (AvgIpc) is 3.18. The molecule has 0 bridgehead atoms. The van der Waals surface area contributed by atoms with E-state index in [0.29, 0.717) is 40.9 Å². The van der Waals surface area contributed by atoms with E-state index in [9.17, 15) is 14.4 Å². The maximum atomic E-state index is 13.1. The van der Waals surface area contributed by atoms with Crippen LogP contribution in [-0.2, 0) is 15.9 Å². The first-order valence-corrected chi connectivity index (χ1v) is 8.67. The zero-order chi connectivity index (χ0) is 19.6. The van der Waals surface area contributed by atoms with Crippen molar-refractivity contribution in [2.75, 3.05) is 32.5 Å². The first-order chi connectivity index (χ1) is 13.5. The molecule has 28 heavy (non-hydrogen) atoms. The monoisotopic (exact) mass is 381 g/mol. The van der Waals surface area contributed by atoms with Gasteiger partial charge in [-0.15, -0.1) is 0 Å². The Bertz CT molecular complexity index is 1130. The largest absolute Gasteiger partial charge is 0.492 e. The Morgan fingerprint density at radius 3 is 2.71 bits per heavy atom. The Hall–Kier alpha value is -3.55. The highest BCUT2D eigenvalue weighted by molar-refractivity contribution is 6.31. The highest BCUT2D eigenvalue weighted by Crippen LogP contribution is 2.49. The van der Waals surface area contributed by atoms with Gasteiger partial charge in [-0.3, -0.25) is 14.5 Å². The molecule has 8 heteroatoms. The summed E-state index contributed by atoms with van der Waals surface area (Å²) < 4.78 is 21.2. The van der Waals surface area contributed by atoms with Crippen LogP contribution < -0.4 is 14.4 Å². The van der Waals surface area contributed by atoms with E-state index in [1.54, 1.807) is 6.07 Å². The van der Waals surface area contributed by atoms with E-state index in [4.69, 9.17) is 18.9 Å². The minimum atomic E-state index is -0.535. The van der Waals surface area contributed by atoms with Gasteiger partial charge in [-0.25, -0.2) is 4.79 Å². The Morgan fingerprint density at radius 1 is 1.14 bits per heavy atom. The van der Waals surface area contributed by atoms with Crippen molar-refractivity contribution in [2.24, 2.45) is 0 Å². The normalized spacial score (nSPS) is 16.8. The van der Waals surface area contributed by atoms with Crippen molar-refractivity contribution < 1.29 is 33.3 Å². The fourth-order valence-electron chi connectivity index (χ4n) is 4.07. The van der Waals surface area contributed by atoms with Gasteiger partial charge in [0, 0.05) is 34.5 Å². The fraction of sp³-hybridized carbons (Fsp3) is 0.250. The third-order valence-corrected chi connectivity index (χ3v) is 5.29. The number of anilines is 1. The molecule has 8 nitrogen and oxygen atoms in total. The molecular weight excluding hydrogens is 366 g/mol. The van der Waals surface area contributed by atoms with Crippen molar-refractivity contribution in [1.29, 1.82) is 0 Å². The molecule has 2 heterocycles. The molecule has 0 saturated carbocycles. The lowest BCUT2D eigenvalue weighted by Gasteiger charge is -2.30. The third-order valence-electron chi connectivity index (χ3n) is 5.29. The van der Waals surface area contributed by atoms with Gasteiger partial charge in [0.2, 0.25) is 12.6 Å². The third kappa shape index (κ3) is 2.02. The minimum absolute atomic E-state index is 0.0166. The van der Waals surface area contributed by atoms with Crippen LogP contribution in [0.25, 0.3) is 10.8 Å². The number of Topliss-reactive ketones (excluding diaryl/α,β-unsaturated/α-hetero) is 1. The van der Waals surface area contributed by atoms with E-state index in [0.717, 1.165) is 11.6 Å². The second-order valence-corrected chi connectivity index (χ2v) is 6.62. The number of hydrogen-bond acceptors (Lipinski definition) is 7. The van der Waals surface area contributed by atoms with Crippen molar-refractivity contribution in [3.8, 4) is 11.5 Å². The van der Waals surface area contributed by atoms with Crippen LogP contribution in [0.2, 0.25) is 0 Å². The summed E-state index contributed by atoms with van der Waals surface area (Å²) in [6.07, 6.45) is 1.17. The van der Waals surface area contributed by atoms with Gasteiger partial charge in [-0.2, -0.15) is 0 Å². The molecule has 142 valence electrons. The van der Waals surface area contributed by atoms with Gasteiger partial charge in [-0.05, 0) is 24.1 Å². The molecule has 1 aliphatic carbocycles. The lowest BCUT2D eigenvalue weighted by Crippen LogP contribution is -2.36. The maximum absolute atomic E-state index is 13.1. The summed E-state index contributed by atoms with van der Waals surface area (Å²) in [5.41, 5.74) is 1.82. The van der Waals surface area contributed by atoms with Crippen LogP contribution in [0.15, 0.2) is 24.0 Å². The van der Waals surface area contributed by atoms with Crippen LogP contribution in [0.1, 0.15) is 26.3 Å². The number of allylic oxidation sites excluding steroid dienone is 2. The van der Waals surface area contributed by atoms with E-state index in [-0.39, 0.29) is 29.5 Å². The molecule has 1 amide bonds. The minimum Gasteiger partial charge on any atom is -0.492 e. The molecule has 0 radical (unpaired) electrons. The van der Waals surface area contributed by atoms with Gasteiger partial charge in [0.15, 0.2) is 23.0 Å².